The van der Waals surface area contributed by atoms with Gasteiger partial charge >= 0.3 is 19.8 Å². The van der Waals surface area contributed by atoms with E-state index in [-0.39, 0.29) is 32.6 Å². The van der Waals surface area contributed by atoms with Crippen LogP contribution >= 0.6 is 7.82 Å². The number of phosphoric ester groups is 1. The predicted octanol–water partition coefficient (Wildman–Crippen LogP) is 12.2. The first-order valence-corrected chi connectivity index (χ1v) is 23.0. The molecule has 0 amide bonds. The number of rotatable bonds is 40. The Morgan fingerprint density at radius 3 is 1.51 bits per heavy atom. The van der Waals surface area contributed by atoms with E-state index in [9.17, 15) is 19.0 Å². The van der Waals surface area contributed by atoms with Gasteiger partial charge in [0.2, 0.25) is 0 Å². The summed E-state index contributed by atoms with van der Waals surface area (Å²) in [5.41, 5.74) is 5.34. The van der Waals surface area contributed by atoms with Crippen LogP contribution in [0.25, 0.3) is 0 Å². The van der Waals surface area contributed by atoms with Crippen molar-refractivity contribution in [3.8, 4) is 0 Å². The van der Waals surface area contributed by atoms with Crippen molar-refractivity contribution < 1.29 is 37.6 Å². The molecule has 0 bridgehead atoms. The Labute approximate surface area is 324 Å². The van der Waals surface area contributed by atoms with Gasteiger partial charge in [0.05, 0.1) is 13.2 Å². The number of carbonyl (C=O) groups is 2. The summed E-state index contributed by atoms with van der Waals surface area (Å²) < 4.78 is 32.7. The zero-order valence-corrected chi connectivity index (χ0v) is 34.9. The van der Waals surface area contributed by atoms with Crippen LogP contribution in [0.3, 0.4) is 0 Å². The lowest BCUT2D eigenvalue weighted by molar-refractivity contribution is -0.161. The van der Waals surface area contributed by atoms with Gasteiger partial charge in [0.1, 0.15) is 6.61 Å². The van der Waals surface area contributed by atoms with Gasteiger partial charge in [-0.1, -0.05) is 172 Å². The van der Waals surface area contributed by atoms with Crippen molar-refractivity contribution in [3.63, 3.8) is 0 Å². The maximum absolute atomic E-state index is 12.6. The molecule has 0 aromatic heterocycles. The van der Waals surface area contributed by atoms with Crippen LogP contribution < -0.4 is 5.73 Å². The molecule has 0 saturated carbocycles. The number of hydrogen-bond donors (Lipinski definition) is 2. The quantitative estimate of drug-likeness (QED) is 0.0270. The Morgan fingerprint density at radius 2 is 1.00 bits per heavy atom. The zero-order chi connectivity index (χ0) is 38.9. The molecule has 0 heterocycles. The van der Waals surface area contributed by atoms with Crippen molar-refractivity contribution in [2.24, 2.45) is 5.73 Å². The third kappa shape index (κ3) is 39.7. The number of ether oxygens (including phenoxy) is 2. The summed E-state index contributed by atoms with van der Waals surface area (Å²) in [6.07, 6.45) is 43.2. The molecule has 3 N–H and O–H groups in total. The molecule has 0 aromatic rings. The normalized spacial score (nSPS) is 13.7. The molecule has 310 valence electrons. The molecule has 0 aliphatic carbocycles. The Hall–Kier alpha value is -1.77. The SMILES string of the molecule is CCCCCCCCC=CCC=CCC=CCCCC(=O)OC[C@H](COP(=O)(O)OCCN)OC(=O)CCCCCCCCCCCCCCCCC. The molecule has 0 rings (SSSR count). The maximum Gasteiger partial charge on any atom is 0.472 e. The molecule has 0 saturated heterocycles. The van der Waals surface area contributed by atoms with Crippen molar-refractivity contribution >= 4 is 19.8 Å². The first kappa shape index (κ1) is 51.2. The number of allylic oxidation sites excluding steroid dienone is 6. The fourth-order valence-corrected chi connectivity index (χ4v) is 6.59. The monoisotopic (exact) mass is 770 g/mol. The second-order valence-electron chi connectivity index (χ2n) is 14.2. The molecular weight excluding hydrogens is 689 g/mol. The van der Waals surface area contributed by atoms with E-state index >= 15 is 0 Å². The van der Waals surface area contributed by atoms with Crippen LogP contribution in [0.15, 0.2) is 36.5 Å². The lowest BCUT2D eigenvalue weighted by atomic mass is 10.0. The highest BCUT2D eigenvalue weighted by molar-refractivity contribution is 7.47. The molecule has 2 atom stereocenters. The minimum Gasteiger partial charge on any atom is -0.462 e. The summed E-state index contributed by atoms with van der Waals surface area (Å²) in [6.45, 7) is 3.68. The standard InChI is InChI=1S/C43H80NO8P/c1-3-5-7-9-11-13-15-17-19-20-22-23-25-27-29-31-33-35-42(45)49-39-41(40-51-53(47,48)50-38-37-44)52-43(46)36-34-32-30-28-26-24-21-18-16-14-12-10-8-6-4-2/h17,19,22-23,27,29,41H,3-16,18,20-21,24-26,28,30-40,44H2,1-2H3,(H,47,48)/t41-/m1/s1. The molecule has 0 spiro atoms. The van der Waals surface area contributed by atoms with E-state index in [1.165, 1.54) is 109 Å². The topological polar surface area (TPSA) is 134 Å². The second kappa shape index (κ2) is 39.9. The van der Waals surface area contributed by atoms with E-state index in [0.29, 0.717) is 12.8 Å². The summed E-state index contributed by atoms with van der Waals surface area (Å²) in [5.74, 6) is -0.885. The summed E-state index contributed by atoms with van der Waals surface area (Å²) >= 11 is 0. The Bertz CT molecular complexity index is 970. The largest absolute Gasteiger partial charge is 0.472 e. The highest BCUT2D eigenvalue weighted by atomic mass is 31.2. The van der Waals surface area contributed by atoms with Gasteiger partial charge < -0.3 is 20.1 Å². The van der Waals surface area contributed by atoms with Crippen molar-refractivity contribution in [1.82, 2.24) is 0 Å². The Kier molecular flexibility index (Phi) is 38.6. The van der Waals surface area contributed by atoms with Crippen LogP contribution in [0, 0.1) is 0 Å². The minimum atomic E-state index is -4.38. The van der Waals surface area contributed by atoms with Crippen molar-refractivity contribution in [1.29, 1.82) is 0 Å². The molecule has 9 nitrogen and oxygen atoms in total. The van der Waals surface area contributed by atoms with E-state index in [1.807, 2.05) is 0 Å². The van der Waals surface area contributed by atoms with Crippen LogP contribution in [0.1, 0.15) is 194 Å². The lowest BCUT2D eigenvalue weighted by Gasteiger charge is -2.19. The van der Waals surface area contributed by atoms with Crippen LogP contribution in [-0.2, 0) is 32.7 Å². The molecule has 0 aliphatic heterocycles. The number of phosphoric acid groups is 1. The van der Waals surface area contributed by atoms with Crippen LogP contribution in [-0.4, -0.2) is 49.3 Å². The van der Waals surface area contributed by atoms with Crippen molar-refractivity contribution in [3.05, 3.63) is 36.5 Å². The van der Waals surface area contributed by atoms with Gasteiger partial charge in [0.15, 0.2) is 6.10 Å². The highest BCUT2D eigenvalue weighted by Crippen LogP contribution is 2.43. The van der Waals surface area contributed by atoms with Gasteiger partial charge in [-0.05, 0) is 44.9 Å². The highest BCUT2D eigenvalue weighted by Gasteiger charge is 2.25. The van der Waals surface area contributed by atoms with Gasteiger partial charge in [-0.15, -0.1) is 0 Å². The second-order valence-corrected chi connectivity index (χ2v) is 15.7. The third-order valence-corrected chi connectivity index (χ3v) is 10.0. The Morgan fingerprint density at radius 1 is 0.566 bits per heavy atom. The van der Waals surface area contributed by atoms with E-state index < -0.39 is 32.5 Å². The number of nitrogens with two attached hydrogens (primary N) is 1. The number of carbonyl (C=O) groups excluding carboxylic acids is 2. The van der Waals surface area contributed by atoms with Gasteiger partial charge in [0, 0.05) is 19.4 Å². The zero-order valence-electron chi connectivity index (χ0n) is 34.0. The molecule has 0 aromatic carbocycles. The number of hydrogen-bond acceptors (Lipinski definition) is 8. The van der Waals surface area contributed by atoms with E-state index in [0.717, 1.165) is 44.9 Å². The van der Waals surface area contributed by atoms with Gasteiger partial charge in [0.25, 0.3) is 0 Å². The van der Waals surface area contributed by atoms with Gasteiger partial charge in [-0.3, -0.25) is 18.6 Å². The van der Waals surface area contributed by atoms with E-state index in [4.69, 9.17) is 24.3 Å². The Balaban J connectivity index is 4.23. The predicted molar refractivity (Wildman–Crippen MR) is 220 cm³/mol. The minimum absolute atomic E-state index is 0.0477. The van der Waals surface area contributed by atoms with Crippen molar-refractivity contribution in [2.75, 3.05) is 26.4 Å². The summed E-state index contributed by atoms with van der Waals surface area (Å²) in [6, 6.07) is 0. The summed E-state index contributed by atoms with van der Waals surface area (Å²) in [7, 11) is -4.38. The van der Waals surface area contributed by atoms with Crippen LogP contribution in [0.2, 0.25) is 0 Å². The molecule has 0 aliphatic rings. The molecule has 1 unspecified atom stereocenters. The van der Waals surface area contributed by atoms with E-state index in [2.05, 4.69) is 50.3 Å². The first-order valence-electron chi connectivity index (χ1n) is 21.5. The van der Waals surface area contributed by atoms with Crippen molar-refractivity contribution in [2.45, 2.75) is 200 Å². The van der Waals surface area contributed by atoms with Gasteiger partial charge in [-0.2, -0.15) is 0 Å². The van der Waals surface area contributed by atoms with Crippen LogP contribution in [0.4, 0.5) is 0 Å². The molecule has 53 heavy (non-hydrogen) atoms. The average molecular weight is 770 g/mol. The van der Waals surface area contributed by atoms with Gasteiger partial charge in [-0.25, -0.2) is 4.57 Å². The number of unbranched alkanes of at least 4 members (excludes halogenated alkanes) is 21. The number of esters is 2. The first-order chi connectivity index (χ1) is 25.8. The summed E-state index contributed by atoms with van der Waals surface area (Å²) in [4.78, 5) is 34.8. The van der Waals surface area contributed by atoms with Crippen LogP contribution in [0.5, 0.6) is 0 Å². The third-order valence-electron chi connectivity index (χ3n) is 9.03. The van der Waals surface area contributed by atoms with E-state index in [1.54, 1.807) is 0 Å². The molecule has 0 fully saturated rings. The average Bonchev–Trinajstić information content (AvgIpc) is 3.14. The fraction of sp³-hybridized carbons (Fsp3) is 0.814. The summed E-state index contributed by atoms with van der Waals surface area (Å²) in [5, 5.41) is 0. The molecule has 10 heteroatoms. The molecular formula is C43H80NO8P. The lowest BCUT2D eigenvalue weighted by Crippen LogP contribution is -2.29. The smallest absolute Gasteiger partial charge is 0.462 e. The maximum atomic E-state index is 12.6. The molecule has 0 radical (unpaired) electrons. The fourth-order valence-electron chi connectivity index (χ4n) is 5.83.